The normalized spacial score (nSPS) is 20.2. The molecule has 180 valence electrons. The van der Waals surface area contributed by atoms with Crippen molar-refractivity contribution in [2.24, 2.45) is 0 Å². The smallest absolute Gasteiger partial charge is 0.143 e. The molecule has 8 aromatic rings. The Kier molecular flexibility index (Phi) is 1.77. The summed E-state index contributed by atoms with van der Waals surface area (Å²) in [5.74, 6) is -1.09. The predicted octanol–water partition coefficient (Wildman–Crippen LogP) is 10.9. The summed E-state index contributed by atoms with van der Waals surface area (Å²) in [4.78, 5) is 0. The van der Waals surface area contributed by atoms with Crippen LogP contribution in [0.5, 0.6) is 11.5 Å². The molecule has 0 amide bonds. The van der Waals surface area contributed by atoms with Gasteiger partial charge in [0.05, 0.1) is 30.2 Å². The highest BCUT2D eigenvalue weighted by Gasteiger charge is 2.25. The highest BCUT2D eigenvalue weighted by atomic mass is 16.5. The lowest BCUT2D eigenvalue weighted by Gasteiger charge is -2.25. The second kappa shape index (κ2) is 7.69. The second-order valence-corrected chi connectivity index (χ2v) is 8.76. The predicted molar refractivity (Wildman–Crippen MR) is 165 cm³/mol. The van der Waals surface area contributed by atoms with E-state index in [0.717, 1.165) is 0 Å². The summed E-state index contributed by atoms with van der Waals surface area (Å²) >= 11 is 0. The van der Waals surface area contributed by atoms with Crippen LogP contribution in [-0.4, -0.2) is 0 Å². The minimum absolute atomic E-state index is 0.320. The van der Waals surface area contributed by atoms with Gasteiger partial charge in [-0.05, 0) is 77.9 Å². The largest absolute Gasteiger partial charge is 0.455 e. The molecule has 0 N–H and O–H groups in total. The van der Waals surface area contributed by atoms with Crippen molar-refractivity contribution in [1.82, 2.24) is 0 Å². The Morgan fingerprint density at radius 3 is 1.97 bits per heavy atom. The van der Waals surface area contributed by atoms with Gasteiger partial charge in [-0.1, -0.05) is 115 Å². The maximum Gasteiger partial charge on any atom is 0.143 e. The van der Waals surface area contributed by atoms with Gasteiger partial charge in [0.25, 0.3) is 0 Å². The number of benzene rings is 8. The first-order valence-electron chi connectivity index (χ1n) is 22.7. The van der Waals surface area contributed by atoms with E-state index >= 15 is 0 Å². The molecule has 9 rings (SSSR count). The average molecular weight is 517 g/mol. The monoisotopic (exact) mass is 516 g/mol. The van der Waals surface area contributed by atoms with Crippen molar-refractivity contribution in [2.45, 2.75) is 0 Å². The van der Waals surface area contributed by atoms with E-state index < -0.39 is 215 Å². The molecule has 0 fully saturated rings. The van der Waals surface area contributed by atoms with Crippen LogP contribution in [0.2, 0.25) is 0 Å². The van der Waals surface area contributed by atoms with Gasteiger partial charge in [-0.3, -0.25) is 0 Å². The summed E-state index contributed by atoms with van der Waals surface area (Å²) in [5, 5.41) is -5.08. The van der Waals surface area contributed by atoms with Crippen molar-refractivity contribution < 1.29 is 34.9 Å². The molecule has 39 heavy (non-hydrogen) atoms. The lowest BCUT2D eigenvalue weighted by atomic mass is 9.84. The molecule has 8 aromatic carbocycles. The zero-order valence-electron chi connectivity index (χ0n) is 41.4. The highest BCUT2D eigenvalue weighted by molar-refractivity contribution is 6.23. The van der Waals surface area contributed by atoms with E-state index in [9.17, 15) is 8.22 Å². The Morgan fingerprint density at radius 2 is 1.10 bits per heavy atom. The second-order valence-electron chi connectivity index (χ2n) is 8.76. The van der Waals surface area contributed by atoms with Crippen molar-refractivity contribution in [1.29, 1.82) is 0 Å². The maximum atomic E-state index is 10.0. The van der Waals surface area contributed by atoms with Gasteiger partial charge in [0.2, 0.25) is 0 Å². The Balaban J connectivity index is 1.71. The summed E-state index contributed by atoms with van der Waals surface area (Å²) in [5.41, 5.74) is -2.12. The van der Waals surface area contributed by atoms with Gasteiger partial charge in [-0.2, -0.15) is 0 Å². The SMILES string of the molecule is [2H]c1c([2H])c2c3c(c([2H])c([2H])c([2H])c3c1[2H])-c1c([2H])c(-c3c4c([2H])c([2H])c([2H])c([2H])c4c([2H])c4c3c([2H])c([2H])c3c([2H])c([2H])c([2H])c([2H])c34)c3c([2H])c([2H])c([2H])c([2H])c3c1O2. The fraction of sp³-hybridized carbons (Fsp3) is 0. The van der Waals surface area contributed by atoms with Crippen LogP contribution in [0.1, 0.15) is 30.2 Å². The van der Waals surface area contributed by atoms with Gasteiger partial charge < -0.3 is 4.74 Å². The van der Waals surface area contributed by atoms with Crippen LogP contribution in [0.3, 0.4) is 0 Å². The first kappa shape index (κ1) is 8.97. The fourth-order valence-corrected chi connectivity index (χ4v) is 5.12. The molecule has 0 radical (unpaired) electrons. The molecule has 0 saturated carbocycles. The topological polar surface area (TPSA) is 9.23 Å². The molecular weight excluding hydrogens is 472 g/mol. The van der Waals surface area contributed by atoms with E-state index in [2.05, 4.69) is 0 Å². The van der Waals surface area contributed by atoms with Crippen LogP contribution in [0, 0.1) is 0 Å². The molecule has 0 unspecified atom stereocenters. The van der Waals surface area contributed by atoms with E-state index in [-0.39, 0.29) is 5.39 Å². The van der Waals surface area contributed by atoms with E-state index in [1.807, 2.05) is 0 Å². The zero-order chi connectivity index (χ0) is 44.6. The first-order chi connectivity index (χ1) is 28.5. The molecule has 0 saturated heterocycles. The molecule has 0 atom stereocenters. The van der Waals surface area contributed by atoms with Crippen LogP contribution in [0.15, 0.2) is 133 Å². The molecule has 1 heterocycles. The van der Waals surface area contributed by atoms with Crippen molar-refractivity contribution in [3.05, 3.63) is 133 Å². The Labute approximate surface area is 256 Å². The number of rotatable bonds is 1. The van der Waals surface area contributed by atoms with Gasteiger partial charge in [0.1, 0.15) is 11.5 Å². The van der Waals surface area contributed by atoms with E-state index in [4.69, 9.17) is 26.7 Å². The lowest BCUT2D eigenvalue weighted by molar-refractivity contribution is 0.493. The van der Waals surface area contributed by atoms with Gasteiger partial charge >= 0.3 is 0 Å². The Hall–Kier alpha value is -5.14. The molecular formula is C38H22O. The standard InChI is InChI=1S/C38H22O/c1-3-13-26-23(9-1)19-20-30-32(26)21-25-10-2-4-14-27(25)37(30)33-22-34-29-17-7-11-24-12-8-18-35(36(24)29)39-38(34)31-16-6-5-15-28(31)33/h1-22H/i1D,2D,3D,4D,5D,6D,7D,8D,9D,10D,11D,12D,13D,14D,15D,16D,17D,18D,19D,20D,21D,22D. The Bertz CT molecular complexity index is 3520. The van der Waals surface area contributed by atoms with Crippen LogP contribution >= 0.6 is 0 Å². The molecule has 0 aliphatic carbocycles. The van der Waals surface area contributed by atoms with E-state index in [0.29, 0.717) is 0 Å². The summed E-state index contributed by atoms with van der Waals surface area (Å²) in [6.07, 6.45) is 0. The molecule has 0 aromatic heterocycles. The summed E-state index contributed by atoms with van der Waals surface area (Å²) in [7, 11) is 0. The number of fused-ring (bicyclic) bond motifs is 8. The van der Waals surface area contributed by atoms with Crippen LogP contribution in [-0.2, 0) is 0 Å². The van der Waals surface area contributed by atoms with Crippen LogP contribution in [0.4, 0.5) is 0 Å². The van der Waals surface area contributed by atoms with Crippen molar-refractivity contribution in [3.63, 3.8) is 0 Å². The van der Waals surface area contributed by atoms with Crippen LogP contribution in [0.25, 0.3) is 76.1 Å². The third-order valence-electron chi connectivity index (χ3n) is 6.75. The van der Waals surface area contributed by atoms with Gasteiger partial charge in [-0.25, -0.2) is 0 Å². The number of ether oxygens (including phenoxy) is 1. The van der Waals surface area contributed by atoms with Gasteiger partial charge in [0, 0.05) is 16.3 Å². The van der Waals surface area contributed by atoms with Crippen LogP contribution < -0.4 is 4.74 Å². The minimum Gasteiger partial charge on any atom is -0.455 e. The molecule has 1 heteroatoms. The summed E-state index contributed by atoms with van der Waals surface area (Å²) in [6, 6.07) is -17.6. The number of hydrogen-bond donors (Lipinski definition) is 0. The quantitative estimate of drug-likeness (QED) is 0.156. The van der Waals surface area contributed by atoms with Gasteiger partial charge in [-0.15, -0.1) is 0 Å². The maximum absolute atomic E-state index is 10.0. The molecule has 1 aliphatic heterocycles. The third kappa shape index (κ3) is 2.85. The summed E-state index contributed by atoms with van der Waals surface area (Å²) in [6.45, 7) is 0. The molecule has 1 aliphatic rings. The molecule has 0 bridgehead atoms. The third-order valence-corrected chi connectivity index (χ3v) is 6.75. The summed E-state index contributed by atoms with van der Waals surface area (Å²) < 4.78 is 203. The molecule has 0 spiro atoms. The molecule has 1 nitrogen and oxygen atoms in total. The Morgan fingerprint density at radius 1 is 0.410 bits per heavy atom. The van der Waals surface area contributed by atoms with E-state index in [1.54, 1.807) is 0 Å². The van der Waals surface area contributed by atoms with Crippen molar-refractivity contribution >= 4 is 53.9 Å². The number of hydrogen-bond acceptors (Lipinski definition) is 1. The van der Waals surface area contributed by atoms with Gasteiger partial charge in [0.15, 0.2) is 0 Å². The van der Waals surface area contributed by atoms with E-state index in [1.165, 1.54) is 0 Å². The van der Waals surface area contributed by atoms with Crippen molar-refractivity contribution in [3.8, 4) is 33.8 Å². The highest BCUT2D eigenvalue weighted by Crippen LogP contribution is 2.52. The fourth-order valence-electron chi connectivity index (χ4n) is 5.12. The lowest BCUT2D eigenvalue weighted by Crippen LogP contribution is -1.99. The minimum atomic E-state index is -0.877. The average Bonchev–Trinajstić information content (AvgIpc) is 3.23. The first-order valence-corrected chi connectivity index (χ1v) is 11.7. The van der Waals surface area contributed by atoms with Crippen molar-refractivity contribution in [2.75, 3.05) is 0 Å². The zero-order valence-corrected chi connectivity index (χ0v) is 19.4.